The summed E-state index contributed by atoms with van der Waals surface area (Å²) < 4.78 is 34.4. The Morgan fingerprint density at radius 2 is 1.86 bits per heavy atom. The van der Waals surface area contributed by atoms with E-state index >= 15 is 0 Å². The molecule has 0 aromatic heterocycles. The van der Waals surface area contributed by atoms with Gasteiger partial charge in [0.05, 0.1) is 30.0 Å². The SMILES string of the molecule is CCN1C(=S)N[C@H](c2c(F)cccc2F)C(C(=O)Nc2ccccc2OC)=C1C. The molecule has 2 aromatic rings. The highest BCUT2D eigenvalue weighted by Crippen LogP contribution is 2.34. The van der Waals surface area contributed by atoms with Crippen LogP contribution in [0.15, 0.2) is 53.7 Å². The number of hydrogen-bond donors (Lipinski definition) is 2. The second-order valence-electron chi connectivity index (χ2n) is 6.42. The third kappa shape index (κ3) is 3.93. The van der Waals surface area contributed by atoms with Crippen molar-refractivity contribution in [2.75, 3.05) is 19.0 Å². The molecule has 0 fully saturated rings. The van der Waals surface area contributed by atoms with Gasteiger partial charge in [-0.25, -0.2) is 8.78 Å². The number of para-hydroxylation sites is 2. The van der Waals surface area contributed by atoms with E-state index in [1.54, 1.807) is 36.1 Å². The van der Waals surface area contributed by atoms with Gasteiger partial charge in [0.2, 0.25) is 0 Å². The van der Waals surface area contributed by atoms with Crippen LogP contribution in [-0.2, 0) is 4.79 Å². The first-order valence-electron chi connectivity index (χ1n) is 9.06. The number of methoxy groups -OCH3 is 1. The normalized spacial score (nSPS) is 16.5. The number of anilines is 1. The summed E-state index contributed by atoms with van der Waals surface area (Å²) in [4.78, 5) is 15.0. The maximum atomic E-state index is 14.5. The van der Waals surface area contributed by atoms with Crippen LogP contribution in [0.4, 0.5) is 14.5 Å². The van der Waals surface area contributed by atoms with Gasteiger partial charge < -0.3 is 20.3 Å². The van der Waals surface area contributed by atoms with E-state index in [9.17, 15) is 13.6 Å². The minimum Gasteiger partial charge on any atom is -0.495 e. The lowest BCUT2D eigenvalue weighted by atomic mass is 9.93. The molecule has 2 N–H and O–H groups in total. The summed E-state index contributed by atoms with van der Waals surface area (Å²) >= 11 is 5.36. The predicted molar refractivity (Wildman–Crippen MR) is 112 cm³/mol. The molecule has 29 heavy (non-hydrogen) atoms. The number of halogens is 2. The van der Waals surface area contributed by atoms with E-state index in [-0.39, 0.29) is 11.1 Å². The fraction of sp³-hybridized carbons (Fsp3) is 0.238. The molecule has 0 aliphatic carbocycles. The van der Waals surface area contributed by atoms with Crippen molar-refractivity contribution in [2.45, 2.75) is 19.9 Å². The minimum atomic E-state index is -1.07. The number of carbonyl (C=O) groups excluding carboxylic acids is 1. The average molecular weight is 417 g/mol. The molecule has 1 atom stereocenters. The van der Waals surface area contributed by atoms with Crippen molar-refractivity contribution >= 4 is 28.9 Å². The molecule has 1 heterocycles. The largest absolute Gasteiger partial charge is 0.495 e. The second kappa shape index (κ2) is 8.57. The lowest BCUT2D eigenvalue weighted by Gasteiger charge is -2.37. The number of hydrogen-bond acceptors (Lipinski definition) is 3. The first-order chi connectivity index (χ1) is 13.9. The smallest absolute Gasteiger partial charge is 0.255 e. The van der Waals surface area contributed by atoms with E-state index < -0.39 is 23.6 Å². The Bertz CT molecular complexity index is 973. The third-order valence-corrected chi connectivity index (χ3v) is 5.14. The van der Waals surface area contributed by atoms with E-state index in [2.05, 4.69) is 10.6 Å². The molecule has 0 radical (unpaired) electrons. The molecule has 1 amide bonds. The summed E-state index contributed by atoms with van der Waals surface area (Å²) in [5.74, 6) is -1.55. The first-order valence-corrected chi connectivity index (χ1v) is 9.46. The monoisotopic (exact) mass is 417 g/mol. The fourth-order valence-electron chi connectivity index (χ4n) is 3.40. The van der Waals surface area contributed by atoms with Gasteiger partial charge in [0.25, 0.3) is 5.91 Å². The van der Waals surface area contributed by atoms with Gasteiger partial charge in [0.15, 0.2) is 5.11 Å². The standard InChI is InChI=1S/C21H21F2N3O2S/c1-4-26-12(2)17(20(27)24-15-10-5-6-11-16(15)28-3)19(25-21(26)29)18-13(22)8-7-9-14(18)23/h5-11,19H,4H2,1-3H3,(H,24,27)(H,25,29)/t19-/m0/s1. The zero-order chi connectivity index (χ0) is 21.1. The molecule has 0 spiro atoms. The fourth-order valence-corrected chi connectivity index (χ4v) is 3.78. The van der Waals surface area contributed by atoms with Crippen LogP contribution >= 0.6 is 12.2 Å². The summed E-state index contributed by atoms with van der Waals surface area (Å²) in [6.07, 6.45) is 0. The van der Waals surface area contributed by atoms with Crippen molar-refractivity contribution < 1.29 is 18.3 Å². The quantitative estimate of drug-likeness (QED) is 0.717. The van der Waals surface area contributed by atoms with Gasteiger partial charge in [-0.15, -0.1) is 0 Å². The van der Waals surface area contributed by atoms with Crippen molar-refractivity contribution in [1.29, 1.82) is 0 Å². The van der Waals surface area contributed by atoms with Gasteiger partial charge in [0, 0.05) is 12.2 Å². The van der Waals surface area contributed by atoms with Gasteiger partial charge in [-0.1, -0.05) is 18.2 Å². The highest BCUT2D eigenvalue weighted by molar-refractivity contribution is 7.80. The first kappa shape index (κ1) is 20.7. The molecule has 1 aliphatic heterocycles. The van der Waals surface area contributed by atoms with Crippen molar-refractivity contribution in [1.82, 2.24) is 10.2 Å². The van der Waals surface area contributed by atoms with E-state index in [1.807, 2.05) is 6.92 Å². The molecule has 0 bridgehead atoms. The number of nitrogens with one attached hydrogen (secondary N) is 2. The summed E-state index contributed by atoms with van der Waals surface area (Å²) in [6.45, 7) is 4.08. The zero-order valence-electron chi connectivity index (χ0n) is 16.3. The Morgan fingerprint density at radius 1 is 1.21 bits per heavy atom. The topological polar surface area (TPSA) is 53.6 Å². The van der Waals surface area contributed by atoms with Crippen molar-refractivity contribution in [3.63, 3.8) is 0 Å². The van der Waals surface area contributed by atoms with Crippen LogP contribution in [0.1, 0.15) is 25.5 Å². The lowest BCUT2D eigenvalue weighted by Crippen LogP contribution is -2.48. The molecule has 2 aromatic carbocycles. The molecule has 5 nitrogen and oxygen atoms in total. The van der Waals surface area contributed by atoms with Crippen molar-refractivity contribution in [3.8, 4) is 5.75 Å². The summed E-state index contributed by atoms with van der Waals surface area (Å²) in [5, 5.41) is 6.00. The number of nitrogens with zero attached hydrogens (tertiary/aromatic N) is 1. The molecular weight excluding hydrogens is 396 g/mol. The molecule has 152 valence electrons. The predicted octanol–water partition coefficient (Wildman–Crippen LogP) is 4.14. The summed E-state index contributed by atoms with van der Waals surface area (Å²) in [6, 6.07) is 9.43. The number of carbonyl (C=O) groups is 1. The number of thiocarbonyl (C=S) groups is 1. The molecule has 8 heteroatoms. The Balaban J connectivity index is 2.10. The Labute approximate surface area is 173 Å². The molecule has 0 unspecified atom stereocenters. The zero-order valence-corrected chi connectivity index (χ0v) is 17.1. The molecular formula is C21H21F2N3O2S. The number of ether oxygens (including phenoxy) is 1. The van der Waals surface area contributed by atoms with E-state index in [0.29, 0.717) is 28.8 Å². The summed E-state index contributed by atoms with van der Waals surface area (Å²) in [5.41, 5.74) is 0.894. The Kier molecular flexibility index (Phi) is 6.12. The van der Waals surface area contributed by atoms with Crippen LogP contribution in [0.2, 0.25) is 0 Å². The molecule has 3 rings (SSSR count). The number of benzene rings is 2. The average Bonchev–Trinajstić information content (AvgIpc) is 2.68. The van der Waals surface area contributed by atoms with Crippen LogP contribution in [0.5, 0.6) is 5.75 Å². The van der Waals surface area contributed by atoms with Crippen LogP contribution in [0, 0.1) is 11.6 Å². The maximum Gasteiger partial charge on any atom is 0.255 e. The molecule has 1 aliphatic rings. The Morgan fingerprint density at radius 3 is 2.48 bits per heavy atom. The van der Waals surface area contributed by atoms with Crippen molar-refractivity contribution in [3.05, 3.63) is 70.9 Å². The van der Waals surface area contributed by atoms with Crippen LogP contribution in [0.25, 0.3) is 0 Å². The minimum absolute atomic E-state index is 0.176. The molecule has 0 saturated carbocycles. The van der Waals surface area contributed by atoms with E-state index in [1.165, 1.54) is 13.2 Å². The maximum absolute atomic E-state index is 14.5. The van der Waals surface area contributed by atoms with E-state index in [4.69, 9.17) is 17.0 Å². The lowest BCUT2D eigenvalue weighted by molar-refractivity contribution is -0.113. The van der Waals surface area contributed by atoms with Gasteiger partial charge in [0.1, 0.15) is 17.4 Å². The summed E-state index contributed by atoms with van der Waals surface area (Å²) in [7, 11) is 1.49. The highest BCUT2D eigenvalue weighted by Gasteiger charge is 2.36. The molecule has 0 saturated heterocycles. The highest BCUT2D eigenvalue weighted by atomic mass is 32.1. The van der Waals surface area contributed by atoms with Gasteiger partial charge in [-0.3, -0.25) is 4.79 Å². The van der Waals surface area contributed by atoms with Crippen LogP contribution in [0.3, 0.4) is 0 Å². The number of allylic oxidation sites excluding steroid dienone is 1. The number of rotatable bonds is 5. The van der Waals surface area contributed by atoms with Crippen LogP contribution in [-0.4, -0.2) is 29.6 Å². The van der Waals surface area contributed by atoms with Gasteiger partial charge in [-0.05, 0) is 50.3 Å². The Hall–Kier alpha value is -3.00. The van der Waals surface area contributed by atoms with Gasteiger partial charge >= 0.3 is 0 Å². The van der Waals surface area contributed by atoms with Crippen LogP contribution < -0.4 is 15.4 Å². The third-order valence-electron chi connectivity index (χ3n) is 4.80. The second-order valence-corrected chi connectivity index (χ2v) is 6.80. The number of amides is 1. The van der Waals surface area contributed by atoms with Crippen molar-refractivity contribution in [2.24, 2.45) is 0 Å². The van der Waals surface area contributed by atoms with Gasteiger partial charge in [-0.2, -0.15) is 0 Å². The van der Waals surface area contributed by atoms with E-state index in [0.717, 1.165) is 12.1 Å².